The minimum absolute atomic E-state index is 0.0186. The van der Waals surface area contributed by atoms with Crippen molar-refractivity contribution in [2.75, 3.05) is 26.2 Å². The van der Waals surface area contributed by atoms with E-state index in [0.29, 0.717) is 31.9 Å². The molecule has 176 valence electrons. The molecule has 1 aliphatic heterocycles. The number of nitrogens with zero attached hydrogens (tertiary/aromatic N) is 5. The third kappa shape index (κ3) is 4.68. The smallest absolute Gasteiger partial charge is 0.339 e. The van der Waals surface area contributed by atoms with Crippen LogP contribution >= 0.6 is 0 Å². The lowest BCUT2D eigenvalue weighted by Crippen LogP contribution is -2.52. The molecule has 0 N–H and O–H groups in total. The predicted molar refractivity (Wildman–Crippen MR) is 127 cm³/mol. The van der Waals surface area contributed by atoms with Gasteiger partial charge >= 0.3 is 5.69 Å². The molecule has 0 spiro atoms. The first-order valence-electron chi connectivity index (χ1n) is 11.2. The molecule has 1 saturated heterocycles. The van der Waals surface area contributed by atoms with Crippen molar-refractivity contribution >= 4 is 11.8 Å². The lowest BCUT2D eigenvalue weighted by atomic mass is 10.1. The van der Waals surface area contributed by atoms with Crippen LogP contribution in [0, 0.1) is 13.8 Å². The molecule has 4 rings (SSSR count). The number of benzene rings is 2. The lowest BCUT2D eigenvalue weighted by molar-refractivity contribution is -0.130. The van der Waals surface area contributed by atoms with E-state index in [9.17, 15) is 19.2 Å². The topological polar surface area (TPSA) is 97.5 Å². The fourth-order valence-electron chi connectivity index (χ4n) is 3.89. The van der Waals surface area contributed by atoms with Crippen molar-refractivity contribution < 1.29 is 9.59 Å². The molecular formula is C25H27N5O4. The number of piperazine rings is 1. The summed E-state index contributed by atoms with van der Waals surface area (Å²) in [6, 6.07) is 14.6. The number of carbonyl (C=O) groups excluding carboxylic acids is 2. The Kier molecular flexibility index (Phi) is 6.45. The minimum Gasteiger partial charge on any atom is -0.339 e. The van der Waals surface area contributed by atoms with E-state index in [1.807, 2.05) is 50.2 Å². The Morgan fingerprint density at radius 2 is 1.35 bits per heavy atom. The summed E-state index contributed by atoms with van der Waals surface area (Å²) in [5.74, 6) is -0.606. The van der Waals surface area contributed by atoms with Crippen LogP contribution in [0.25, 0.3) is 5.69 Å². The van der Waals surface area contributed by atoms with Crippen LogP contribution < -0.4 is 11.2 Å². The maximum absolute atomic E-state index is 13.3. The van der Waals surface area contributed by atoms with E-state index in [4.69, 9.17) is 0 Å². The molecule has 0 atom stereocenters. The first-order chi connectivity index (χ1) is 16.2. The SMILES string of the molecule is CC(=O)N1CCN(C(=O)c2nn(-c3ccc(C)cc3)c(=O)n(Cc3ccc(C)cc3)c2=O)CC1. The Bertz CT molecular complexity index is 1330. The van der Waals surface area contributed by atoms with Gasteiger partial charge in [-0.2, -0.15) is 9.78 Å². The van der Waals surface area contributed by atoms with E-state index in [-0.39, 0.29) is 18.1 Å². The highest BCUT2D eigenvalue weighted by atomic mass is 16.2. The highest BCUT2D eigenvalue weighted by molar-refractivity contribution is 5.92. The Hall–Kier alpha value is -4.01. The Morgan fingerprint density at radius 1 is 0.824 bits per heavy atom. The number of aryl methyl sites for hydroxylation is 2. The van der Waals surface area contributed by atoms with Gasteiger partial charge in [0.2, 0.25) is 11.6 Å². The summed E-state index contributed by atoms with van der Waals surface area (Å²) >= 11 is 0. The number of amides is 2. The monoisotopic (exact) mass is 461 g/mol. The molecule has 9 nitrogen and oxygen atoms in total. The second-order valence-corrected chi connectivity index (χ2v) is 8.55. The van der Waals surface area contributed by atoms with Gasteiger partial charge in [-0.3, -0.25) is 19.0 Å². The molecule has 3 aromatic rings. The summed E-state index contributed by atoms with van der Waals surface area (Å²) in [6.45, 7) is 6.74. The average Bonchev–Trinajstić information content (AvgIpc) is 2.83. The van der Waals surface area contributed by atoms with Crippen molar-refractivity contribution in [1.29, 1.82) is 0 Å². The summed E-state index contributed by atoms with van der Waals surface area (Å²) in [5.41, 5.74) is 1.63. The molecule has 1 aliphatic rings. The molecule has 2 aromatic carbocycles. The molecule has 1 fully saturated rings. The maximum Gasteiger partial charge on any atom is 0.352 e. The predicted octanol–water partition coefficient (Wildman–Crippen LogP) is 1.36. The Balaban J connectivity index is 1.78. The molecule has 0 saturated carbocycles. The van der Waals surface area contributed by atoms with Crippen LogP contribution in [0.4, 0.5) is 0 Å². The van der Waals surface area contributed by atoms with Crippen LogP contribution in [0.2, 0.25) is 0 Å². The number of rotatable bonds is 4. The quantitative estimate of drug-likeness (QED) is 0.585. The summed E-state index contributed by atoms with van der Waals surface area (Å²) in [4.78, 5) is 54.7. The summed E-state index contributed by atoms with van der Waals surface area (Å²) in [7, 11) is 0. The average molecular weight is 462 g/mol. The first-order valence-corrected chi connectivity index (χ1v) is 11.2. The van der Waals surface area contributed by atoms with Gasteiger partial charge < -0.3 is 9.80 Å². The van der Waals surface area contributed by atoms with E-state index in [1.54, 1.807) is 17.0 Å². The van der Waals surface area contributed by atoms with Crippen molar-refractivity contribution in [2.24, 2.45) is 0 Å². The third-order valence-corrected chi connectivity index (χ3v) is 6.01. The second-order valence-electron chi connectivity index (χ2n) is 8.55. The van der Waals surface area contributed by atoms with E-state index in [0.717, 1.165) is 25.9 Å². The van der Waals surface area contributed by atoms with Crippen LogP contribution in [0.1, 0.15) is 34.1 Å². The van der Waals surface area contributed by atoms with Gasteiger partial charge in [-0.05, 0) is 31.5 Å². The molecule has 0 bridgehead atoms. The van der Waals surface area contributed by atoms with Gasteiger partial charge in [0.1, 0.15) is 0 Å². The van der Waals surface area contributed by atoms with Crippen LogP contribution in [0.5, 0.6) is 0 Å². The van der Waals surface area contributed by atoms with Gasteiger partial charge in [-0.15, -0.1) is 0 Å². The van der Waals surface area contributed by atoms with Gasteiger partial charge in [-0.1, -0.05) is 47.5 Å². The van der Waals surface area contributed by atoms with Gasteiger partial charge in [0, 0.05) is 33.1 Å². The molecule has 0 unspecified atom stereocenters. The van der Waals surface area contributed by atoms with Crippen molar-refractivity contribution in [1.82, 2.24) is 24.1 Å². The largest absolute Gasteiger partial charge is 0.352 e. The van der Waals surface area contributed by atoms with Crippen LogP contribution in [-0.2, 0) is 11.3 Å². The zero-order valence-electron chi connectivity index (χ0n) is 19.5. The van der Waals surface area contributed by atoms with E-state index in [2.05, 4.69) is 5.10 Å². The number of hydrogen-bond acceptors (Lipinski definition) is 5. The highest BCUT2D eigenvalue weighted by Gasteiger charge is 2.28. The third-order valence-electron chi connectivity index (χ3n) is 6.01. The molecule has 0 aliphatic carbocycles. The number of hydrogen-bond donors (Lipinski definition) is 0. The lowest BCUT2D eigenvalue weighted by Gasteiger charge is -2.33. The zero-order chi connectivity index (χ0) is 24.4. The second kappa shape index (κ2) is 9.46. The molecular weight excluding hydrogens is 434 g/mol. The molecule has 0 radical (unpaired) electrons. The van der Waals surface area contributed by atoms with Crippen LogP contribution in [0.15, 0.2) is 58.1 Å². The van der Waals surface area contributed by atoms with Crippen LogP contribution in [-0.4, -0.2) is 62.1 Å². The standard InChI is InChI=1S/C25H27N5O4/c1-17-4-8-20(9-5-17)16-29-24(33)22(23(32)28-14-12-27(13-15-28)19(3)31)26-30(25(29)34)21-10-6-18(2)7-11-21/h4-11H,12-16H2,1-3H3. The summed E-state index contributed by atoms with van der Waals surface area (Å²) in [6.07, 6.45) is 0. The normalized spacial score (nSPS) is 13.7. The van der Waals surface area contributed by atoms with Crippen molar-refractivity contribution in [3.63, 3.8) is 0 Å². The fourth-order valence-corrected chi connectivity index (χ4v) is 3.89. The molecule has 1 aromatic heterocycles. The number of carbonyl (C=O) groups is 2. The summed E-state index contributed by atoms with van der Waals surface area (Å²) in [5, 5.41) is 4.22. The molecule has 9 heteroatoms. The van der Waals surface area contributed by atoms with Gasteiger partial charge in [-0.25, -0.2) is 4.79 Å². The minimum atomic E-state index is -0.729. The number of aromatic nitrogens is 3. The Labute approximate surface area is 196 Å². The van der Waals surface area contributed by atoms with Crippen molar-refractivity contribution in [3.05, 3.63) is 91.8 Å². The van der Waals surface area contributed by atoms with Gasteiger partial charge in [0.05, 0.1) is 12.2 Å². The van der Waals surface area contributed by atoms with Crippen molar-refractivity contribution in [3.8, 4) is 5.69 Å². The van der Waals surface area contributed by atoms with Gasteiger partial charge in [0.15, 0.2) is 0 Å². The first kappa shape index (κ1) is 23.2. The van der Waals surface area contributed by atoms with E-state index >= 15 is 0 Å². The maximum atomic E-state index is 13.3. The highest BCUT2D eigenvalue weighted by Crippen LogP contribution is 2.09. The van der Waals surface area contributed by atoms with Crippen molar-refractivity contribution in [2.45, 2.75) is 27.3 Å². The van der Waals surface area contributed by atoms with Gasteiger partial charge in [0.25, 0.3) is 11.5 Å². The summed E-state index contributed by atoms with van der Waals surface area (Å²) < 4.78 is 2.16. The van der Waals surface area contributed by atoms with E-state index < -0.39 is 17.2 Å². The zero-order valence-corrected chi connectivity index (χ0v) is 19.5. The Morgan fingerprint density at radius 3 is 1.91 bits per heavy atom. The molecule has 2 heterocycles. The van der Waals surface area contributed by atoms with Crippen LogP contribution in [0.3, 0.4) is 0 Å². The van der Waals surface area contributed by atoms with E-state index in [1.165, 1.54) is 11.8 Å². The molecule has 34 heavy (non-hydrogen) atoms. The fraction of sp³-hybridized carbons (Fsp3) is 0.320. The molecule has 2 amide bonds.